The van der Waals surface area contributed by atoms with Gasteiger partial charge in [0.2, 0.25) is 11.9 Å². The van der Waals surface area contributed by atoms with Crippen LogP contribution in [0.3, 0.4) is 0 Å². The maximum atomic E-state index is 13.2. The fourth-order valence-electron chi connectivity index (χ4n) is 2.66. The van der Waals surface area contributed by atoms with Crippen LogP contribution in [0.2, 0.25) is 0 Å². The predicted molar refractivity (Wildman–Crippen MR) is 108 cm³/mol. The van der Waals surface area contributed by atoms with Crippen molar-refractivity contribution in [1.82, 2.24) is 15.0 Å². The Hall–Kier alpha value is -3.73. The molecular weight excluding hydrogens is 413 g/mol. The number of pyridine rings is 1. The highest BCUT2D eigenvalue weighted by Gasteiger charge is 2.36. The van der Waals surface area contributed by atoms with Crippen LogP contribution in [0.15, 0.2) is 54.9 Å². The third kappa shape index (κ3) is 5.66. The number of primary amides is 1. The molecule has 0 unspecified atom stereocenters. The molecule has 1 atom stereocenters. The highest BCUT2D eigenvalue weighted by molar-refractivity contribution is 5.83. The van der Waals surface area contributed by atoms with Crippen LogP contribution in [0.5, 0.6) is 0 Å². The number of rotatable bonds is 8. The number of alkyl halides is 3. The van der Waals surface area contributed by atoms with Gasteiger partial charge in [-0.25, -0.2) is 4.98 Å². The summed E-state index contributed by atoms with van der Waals surface area (Å²) in [4.78, 5) is 23.0. The van der Waals surface area contributed by atoms with E-state index < -0.39 is 36.1 Å². The van der Waals surface area contributed by atoms with Crippen molar-refractivity contribution in [3.05, 3.63) is 66.0 Å². The molecule has 0 radical (unpaired) electrons. The second-order valence-corrected chi connectivity index (χ2v) is 6.50. The van der Waals surface area contributed by atoms with E-state index in [0.29, 0.717) is 6.20 Å². The van der Waals surface area contributed by atoms with Crippen LogP contribution in [0.1, 0.15) is 11.1 Å². The number of amides is 1. The smallest absolute Gasteiger partial charge is 0.394 e. The average molecular weight is 432 g/mol. The van der Waals surface area contributed by atoms with Gasteiger partial charge in [0, 0.05) is 24.5 Å². The number of hydrogen-bond acceptors (Lipinski definition) is 7. The Balaban J connectivity index is 1.75. The highest BCUT2D eigenvalue weighted by Crippen LogP contribution is 2.34. The molecule has 0 aliphatic rings. The Morgan fingerprint density at radius 2 is 1.87 bits per heavy atom. The molecule has 11 heteroatoms. The predicted octanol–water partition coefficient (Wildman–Crippen LogP) is 2.43. The van der Waals surface area contributed by atoms with Crippen LogP contribution in [-0.2, 0) is 17.5 Å². The molecule has 1 aromatic carbocycles. The molecule has 3 rings (SSSR count). The van der Waals surface area contributed by atoms with Crippen LogP contribution in [0.25, 0.3) is 11.3 Å². The summed E-state index contributed by atoms with van der Waals surface area (Å²) in [5.74, 6) is -1.77. The number of benzene rings is 1. The van der Waals surface area contributed by atoms with E-state index in [1.165, 1.54) is 0 Å². The Bertz CT molecular complexity index is 1030. The monoisotopic (exact) mass is 432 g/mol. The summed E-state index contributed by atoms with van der Waals surface area (Å²) in [5, 5.41) is 14.2. The van der Waals surface area contributed by atoms with E-state index in [9.17, 15) is 18.0 Å². The number of aromatic nitrogens is 3. The Kier molecular flexibility index (Phi) is 6.65. The van der Waals surface area contributed by atoms with Crippen LogP contribution in [0, 0.1) is 0 Å². The van der Waals surface area contributed by atoms with Gasteiger partial charge in [0.05, 0.1) is 12.3 Å². The van der Waals surface area contributed by atoms with Gasteiger partial charge in [-0.15, -0.1) is 0 Å². The van der Waals surface area contributed by atoms with Crippen molar-refractivity contribution < 1.29 is 23.1 Å². The molecular formula is C20H19F3N6O2. The van der Waals surface area contributed by atoms with E-state index in [4.69, 9.17) is 10.8 Å². The largest absolute Gasteiger partial charge is 0.421 e. The minimum atomic E-state index is -4.76. The van der Waals surface area contributed by atoms with Gasteiger partial charge >= 0.3 is 6.18 Å². The van der Waals surface area contributed by atoms with E-state index in [1.807, 2.05) is 42.5 Å². The number of nitrogens with zero attached hydrogens (tertiary/aromatic N) is 3. The molecule has 0 bridgehead atoms. The maximum Gasteiger partial charge on any atom is 0.421 e. The quantitative estimate of drug-likeness (QED) is 0.431. The highest BCUT2D eigenvalue weighted by atomic mass is 19.4. The number of halogens is 3. The Morgan fingerprint density at radius 1 is 1.13 bits per heavy atom. The molecule has 2 aromatic heterocycles. The Labute approximate surface area is 175 Å². The van der Waals surface area contributed by atoms with Gasteiger partial charge in [0.25, 0.3) is 0 Å². The van der Waals surface area contributed by atoms with Gasteiger partial charge in [-0.2, -0.15) is 18.2 Å². The molecule has 2 heterocycles. The Morgan fingerprint density at radius 3 is 2.45 bits per heavy atom. The van der Waals surface area contributed by atoms with Crippen LogP contribution in [0.4, 0.5) is 24.9 Å². The number of anilines is 2. The SMILES string of the molecule is NC(=O)[C@H](CO)Nc1nc(NCc2ccc(-c3ccccn3)cc2)ncc1C(F)(F)F. The summed E-state index contributed by atoms with van der Waals surface area (Å²) in [6.45, 7) is -0.547. The van der Waals surface area contributed by atoms with Gasteiger partial charge in [-0.05, 0) is 17.7 Å². The zero-order valence-corrected chi connectivity index (χ0v) is 16.1. The number of aliphatic hydroxyl groups is 1. The fraction of sp³-hybridized carbons (Fsp3) is 0.200. The van der Waals surface area contributed by atoms with Gasteiger partial charge in [0.15, 0.2) is 0 Å². The molecule has 0 aliphatic carbocycles. The summed E-state index contributed by atoms with van der Waals surface area (Å²) in [6, 6.07) is 11.6. The third-order valence-corrected chi connectivity index (χ3v) is 4.30. The lowest BCUT2D eigenvalue weighted by molar-refractivity contribution is -0.137. The lowest BCUT2D eigenvalue weighted by Gasteiger charge is -2.18. The molecule has 0 saturated carbocycles. The normalized spacial score (nSPS) is 12.3. The number of aliphatic hydroxyl groups excluding tert-OH is 1. The molecule has 0 saturated heterocycles. The molecule has 1 amide bonds. The molecule has 162 valence electrons. The first-order valence-corrected chi connectivity index (χ1v) is 9.13. The van der Waals surface area contributed by atoms with Crippen molar-refractivity contribution in [3.8, 4) is 11.3 Å². The van der Waals surface area contributed by atoms with Crippen molar-refractivity contribution in [3.63, 3.8) is 0 Å². The van der Waals surface area contributed by atoms with Gasteiger partial charge in [-0.1, -0.05) is 30.3 Å². The minimum Gasteiger partial charge on any atom is -0.394 e. The minimum absolute atomic E-state index is 0.0922. The summed E-state index contributed by atoms with van der Waals surface area (Å²) in [7, 11) is 0. The first-order chi connectivity index (χ1) is 14.8. The number of nitrogens with two attached hydrogens (primary N) is 1. The van der Waals surface area contributed by atoms with Crippen LogP contribution in [-0.4, -0.2) is 38.6 Å². The molecule has 3 aromatic rings. The topological polar surface area (TPSA) is 126 Å². The number of hydrogen-bond donors (Lipinski definition) is 4. The van der Waals surface area contributed by atoms with Gasteiger partial charge in [0.1, 0.15) is 17.4 Å². The number of carbonyl (C=O) groups is 1. The van der Waals surface area contributed by atoms with E-state index in [0.717, 1.165) is 16.8 Å². The van der Waals surface area contributed by atoms with Crippen LogP contribution >= 0.6 is 0 Å². The standard InChI is InChI=1S/C20H19F3N6O2/c21-20(22,23)14-10-27-19(29-18(14)28-16(11-30)17(24)31)26-9-12-4-6-13(7-5-12)15-3-1-2-8-25-15/h1-8,10,16,30H,9,11H2,(H2,24,31)(H2,26,27,28,29)/t16-/m0/s1. The molecule has 0 aliphatic heterocycles. The van der Waals surface area contributed by atoms with Crippen molar-refractivity contribution in [2.24, 2.45) is 5.73 Å². The van der Waals surface area contributed by atoms with Crippen molar-refractivity contribution in [2.75, 3.05) is 17.2 Å². The molecule has 0 spiro atoms. The van der Waals surface area contributed by atoms with E-state index in [1.54, 1.807) is 6.20 Å². The fourth-order valence-corrected chi connectivity index (χ4v) is 2.66. The first-order valence-electron chi connectivity index (χ1n) is 9.13. The average Bonchev–Trinajstić information content (AvgIpc) is 2.76. The molecule has 31 heavy (non-hydrogen) atoms. The van der Waals surface area contributed by atoms with Gasteiger partial charge in [-0.3, -0.25) is 9.78 Å². The van der Waals surface area contributed by atoms with E-state index in [2.05, 4.69) is 25.6 Å². The summed E-state index contributed by atoms with van der Waals surface area (Å²) in [5.41, 5.74) is 6.46. The molecule has 0 fully saturated rings. The van der Waals surface area contributed by atoms with Crippen molar-refractivity contribution >= 4 is 17.7 Å². The molecule has 8 nitrogen and oxygen atoms in total. The summed E-state index contributed by atoms with van der Waals surface area (Å²) >= 11 is 0. The second kappa shape index (κ2) is 9.39. The first kappa shape index (κ1) is 22.0. The molecule has 5 N–H and O–H groups in total. The number of carbonyl (C=O) groups excluding carboxylic acids is 1. The van der Waals surface area contributed by atoms with E-state index >= 15 is 0 Å². The second-order valence-electron chi connectivity index (χ2n) is 6.50. The lowest BCUT2D eigenvalue weighted by atomic mass is 10.1. The number of nitrogens with one attached hydrogen (secondary N) is 2. The van der Waals surface area contributed by atoms with Crippen LogP contribution < -0.4 is 16.4 Å². The zero-order chi connectivity index (χ0) is 22.4. The lowest BCUT2D eigenvalue weighted by Crippen LogP contribution is -2.39. The van der Waals surface area contributed by atoms with Crippen molar-refractivity contribution in [2.45, 2.75) is 18.8 Å². The summed E-state index contributed by atoms with van der Waals surface area (Å²) < 4.78 is 39.7. The van der Waals surface area contributed by atoms with Gasteiger partial charge < -0.3 is 21.5 Å². The zero-order valence-electron chi connectivity index (χ0n) is 16.1. The third-order valence-electron chi connectivity index (χ3n) is 4.30. The van der Waals surface area contributed by atoms with Crippen molar-refractivity contribution in [1.29, 1.82) is 0 Å². The maximum absolute atomic E-state index is 13.2. The van der Waals surface area contributed by atoms with E-state index in [-0.39, 0.29) is 12.5 Å². The summed E-state index contributed by atoms with van der Waals surface area (Å²) in [6.07, 6.45) is -2.48.